The number of nitrogens with one attached hydrogen (secondary N) is 1. The highest BCUT2D eigenvalue weighted by atomic mass is 35.5. The Hall–Kier alpha value is -2.20. The summed E-state index contributed by atoms with van der Waals surface area (Å²) in [5.41, 5.74) is -2.59. The van der Waals surface area contributed by atoms with Crippen LogP contribution in [0.25, 0.3) is 5.69 Å². The van der Waals surface area contributed by atoms with E-state index >= 15 is 0 Å². The molecule has 1 aromatic carbocycles. The molecule has 0 spiro atoms. The summed E-state index contributed by atoms with van der Waals surface area (Å²) in [5.74, 6) is -1.58. The number of likely N-dealkylation sites (tertiary alicyclic amines) is 1. The fraction of sp³-hybridized carbons (Fsp3) is 0.471. The molecule has 1 aliphatic heterocycles. The predicted octanol–water partition coefficient (Wildman–Crippen LogP) is 2.92. The lowest BCUT2D eigenvalue weighted by Gasteiger charge is -2.32. The third kappa shape index (κ3) is 4.44. The van der Waals surface area contributed by atoms with Gasteiger partial charge in [-0.1, -0.05) is 17.3 Å². The summed E-state index contributed by atoms with van der Waals surface area (Å²) in [6, 6.07) is 4.91. The first-order chi connectivity index (χ1) is 12.8. The second-order valence-electron chi connectivity index (χ2n) is 6.46. The van der Waals surface area contributed by atoms with Crippen LogP contribution >= 0.6 is 12.4 Å². The van der Waals surface area contributed by atoms with E-state index in [0.717, 1.165) is 18.6 Å². The zero-order chi connectivity index (χ0) is 19.6. The molecule has 1 aliphatic rings. The molecule has 1 fully saturated rings. The molecule has 1 saturated heterocycles. The highest BCUT2D eigenvalue weighted by molar-refractivity contribution is 5.93. The summed E-state index contributed by atoms with van der Waals surface area (Å²) in [4.78, 5) is 14.1. The molecule has 11 heteroatoms. The van der Waals surface area contributed by atoms with Gasteiger partial charge in [-0.05, 0) is 44.5 Å². The van der Waals surface area contributed by atoms with Crippen LogP contribution in [-0.4, -0.2) is 52.5 Å². The number of aromatic nitrogens is 3. The van der Waals surface area contributed by atoms with E-state index in [1.54, 1.807) is 7.05 Å². The van der Waals surface area contributed by atoms with E-state index in [1.807, 2.05) is 0 Å². The van der Waals surface area contributed by atoms with E-state index in [2.05, 4.69) is 15.6 Å². The minimum Gasteiger partial charge on any atom is -0.337 e. The largest absolute Gasteiger partial charge is 0.435 e. The van der Waals surface area contributed by atoms with Crippen LogP contribution in [0, 0.1) is 11.7 Å². The van der Waals surface area contributed by atoms with Crippen molar-refractivity contribution in [3.8, 4) is 5.69 Å². The van der Waals surface area contributed by atoms with E-state index in [1.165, 1.54) is 17.0 Å². The number of rotatable bonds is 4. The zero-order valence-electron chi connectivity index (χ0n) is 15.0. The molecule has 28 heavy (non-hydrogen) atoms. The van der Waals surface area contributed by atoms with Gasteiger partial charge < -0.3 is 10.2 Å². The summed E-state index contributed by atoms with van der Waals surface area (Å²) >= 11 is 0. The first-order valence-corrected chi connectivity index (χ1v) is 8.54. The Balaban J connectivity index is 0.00000280. The number of hydrogen-bond acceptors (Lipinski definition) is 4. The van der Waals surface area contributed by atoms with E-state index in [0.29, 0.717) is 30.7 Å². The third-order valence-electron chi connectivity index (χ3n) is 4.52. The molecule has 1 aromatic heterocycles. The highest BCUT2D eigenvalue weighted by Crippen LogP contribution is 2.34. The molecule has 0 saturated carbocycles. The molecule has 0 radical (unpaired) electrons. The summed E-state index contributed by atoms with van der Waals surface area (Å²) in [5, 5.41) is 9.91. The van der Waals surface area contributed by atoms with Gasteiger partial charge in [-0.3, -0.25) is 4.79 Å². The van der Waals surface area contributed by atoms with Crippen LogP contribution in [0.1, 0.15) is 29.0 Å². The van der Waals surface area contributed by atoms with Crippen molar-refractivity contribution in [3.05, 3.63) is 41.5 Å². The molecule has 6 nitrogen and oxygen atoms in total. The fourth-order valence-corrected chi connectivity index (χ4v) is 3.33. The monoisotopic (exact) mass is 421 g/mol. The van der Waals surface area contributed by atoms with Gasteiger partial charge in [-0.2, -0.15) is 13.2 Å². The Morgan fingerprint density at radius 2 is 2.04 bits per heavy atom. The van der Waals surface area contributed by atoms with E-state index < -0.39 is 35.0 Å². The van der Waals surface area contributed by atoms with Gasteiger partial charge in [0.25, 0.3) is 5.91 Å². The van der Waals surface area contributed by atoms with Crippen molar-refractivity contribution in [2.24, 2.45) is 5.92 Å². The van der Waals surface area contributed by atoms with E-state index in [-0.39, 0.29) is 18.3 Å². The number of alkyl halides is 3. The number of nitrogens with zero attached hydrogens (tertiary/aromatic N) is 4. The molecule has 1 atom stereocenters. The highest BCUT2D eigenvalue weighted by Gasteiger charge is 2.43. The number of carbonyl (C=O) groups excluding carboxylic acids is 1. The average molecular weight is 422 g/mol. The first-order valence-electron chi connectivity index (χ1n) is 8.54. The van der Waals surface area contributed by atoms with Gasteiger partial charge in [0.1, 0.15) is 11.5 Å². The third-order valence-corrected chi connectivity index (χ3v) is 4.52. The van der Waals surface area contributed by atoms with Crippen LogP contribution < -0.4 is 5.32 Å². The topological polar surface area (TPSA) is 63.1 Å². The molecule has 1 unspecified atom stereocenters. The summed E-state index contributed by atoms with van der Waals surface area (Å²) in [7, 11) is 1.78. The number of amides is 1. The van der Waals surface area contributed by atoms with E-state index in [9.17, 15) is 22.4 Å². The molecule has 0 aliphatic carbocycles. The number of benzene rings is 1. The number of halogens is 5. The van der Waals surface area contributed by atoms with Crippen molar-refractivity contribution >= 4 is 18.3 Å². The van der Waals surface area contributed by atoms with Gasteiger partial charge in [0.15, 0.2) is 11.4 Å². The second kappa shape index (κ2) is 8.87. The smallest absolute Gasteiger partial charge is 0.337 e. The van der Waals surface area contributed by atoms with Crippen molar-refractivity contribution in [2.45, 2.75) is 19.0 Å². The van der Waals surface area contributed by atoms with Crippen molar-refractivity contribution in [2.75, 3.05) is 26.7 Å². The Labute approximate surface area is 165 Å². The molecule has 2 heterocycles. The number of piperidine rings is 1. The Morgan fingerprint density at radius 3 is 2.68 bits per heavy atom. The maximum absolute atomic E-state index is 14.0. The summed E-state index contributed by atoms with van der Waals surface area (Å²) < 4.78 is 55.4. The normalized spacial score (nSPS) is 17.3. The van der Waals surface area contributed by atoms with Crippen LogP contribution in [0.4, 0.5) is 17.6 Å². The van der Waals surface area contributed by atoms with Gasteiger partial charge in [0.2, 0.25) is 0 Å². The fourth-order valence-electron chi connectivity index (χ4n) is 3.33. The lowest BCUT2D eigenvalue weighted by molar-refractivity contribution is -0.143. The lowest BCUT2D eigenvalue weighted by atomic mass is 9.97. The van der Waals surface area contributed by atoms with Gasteiger partial charge in [-0.15, -0.1) is 17.5 Å². The zero-order valence-corrected chi connectivity index (χ0v) is 15.9. The van der Waals surface area contributed by atoms with Crippen LogP contribution in [0.3, 0.4) is 0 Å². The van der Waals surface area contributed by atoms with Crippen LogP contribution in [0.15, 0.2) is 24.3 Å². The quantitative estimate of drug-likeness (QED) is 0.771. The summed E-state index contributed by atoms with van der Waals surface area (Å²) in [6.07, 6.45) is -3.34. The maximum Gasteiger partial charge on any atom is 0.435 e. The maximum atomic E-state index is 14.0. The SMILES string of the molecule is CNCC1CCCN(C(=O)c2nnn(-c3ccccc3F)c2C(F)(F)F)C1.Cl. The number of para-hydroxylation sites is 1. The Morgan fingerprint density at radius 1 is 1.32 bits per heavy atom. The predicted molar refractivity (Wildman–Crippen MR) is 96.1 cm³/mol. The molecular formula is C17H20ClF4N5O. The Bertz CT molecular complexity index is 824. The standard InChI is InChI=1S/C17H19F4N5O.ClH/c1-22-9-11-5-4-8-25(10-11)16(27)14-15(17(19,20)21)26(24-23-14)13-7-3-2-6-12(13)18;/h2-3,6-7,11,22H,4-5,8-10H2,1H3;1H. The molecule has 2 aromatic rings. The molecule has 1 N–H and O–H groups in total. The van der Waals surface area contributed by atoms with Gasteiger partial charge in [0.05, 0.1) is 0 Å². The molecule has 0 bridgehead atoms. The second-order valence-corrected chi connectivity index (χ2v) is 6.46. The Kier molecular flexibility index (Phi) is 7.00. The lowest BCUT2D eigenvalue weighted by Crippen LogP contribution is -2.43. The van der Waals surface area contributed by atoms with Crippen LogP contribution in [-0.2, 0) is 6.18 Å². The first kappa shape index (κ1) is 22.1. The van der Waals surface area contributed by atoms with Gasteiger partial charge in [0, 0.05) is 13.1 Å². The molecular weight excluding hydrogens is 402 g/mol. The van der Waals surface area contributed by atoms with Crippen molar-refractivity contribution < 1.29 is 22.4 Å². The van der Waals surface area contributed by atoms with Gasteiger partial charge >= 0.3 is 6.18 Å². The minimum absolute atomic E-state index is 0. The minimum atomic E-state index is -4.92. The van der Waals surface area contributed by atoms with Crippen LogP contribution in [0.2, 0.25) is 0 Å². The van der Waals surface area contributed by atoms with Crippen molar-refractivity contribution in [1.29, 1.82) is 0 Å². The van der Waals surface area contributed by atoms with E-state index in [4.69, 9.17) is 0 Å². The molecule has 1 amide bonds. The molecule has 3 rings (SSSR count). The number of carbonyl (C=O) groups is 1. The van der Waals surface area contributed by atoms with Gasteiger partial charge in [-0.25, -0.2) is 9.07 Å². The van der Waals surface area contributed by atoms with Crippen molar-refractivity contribution in [3.63, 3.8) is 0 Å². The van der Waals surface area contributed by atoms with Crippen LogP contribution in [0.5, 0.6) is 0 Å². The number of hydrogen-bond donors (Lipinski definition) is 1. The molecule has 154 valence electrons. The average Bonchev–Trinajstić information content (AvgIpc) is 3.07. The summed E-state index contributed by atoms with van der Waals surface area (Å²) in [6.45, 7) is 1.35. The van der Waals surface area contributed by atoms with Crippen molar-refractivity contribution in [1.82, 2.24) is 25.2 Å².